The molecule has 2 aliphatic rings. The van der Waals surface area contributed by atoms with E-state index >= 15 is 0 Å². The Labute approximate surface area is 132 Å². The molecule has 0 amide bonds. The van der Waals surface area contributed by atoms with Gasteiger partial charge >= 0.3 is 0 Å². The average Bonchev–Trinajstić information content (AvgIpc) is 2.48. The molecule has 1 aromatic rings. The molecule has 1 aromatic heterocycles. The molecular weight excluding hydrogens is 284 g/mol. The SMILES string of the molecule is CCCNC(c1ccncc1Cl)C1CCOC2(CCC2)C1. The van der Waals surface area contributed by atoms with E-state index in [-0.39, 0.29) is 5.60 Å². The van der Waals surface area contributed by atoms with Crippen LogP contribution in [0.1, 0.15) is 57.1 Å². The van der Waals surface area contributed by atoms with Crippen molar-refractivity contribution in [2.75, 3.05) is 13.2 Å². The molecule has 21 heavy (non-hydrogen) atoms. The fraction of sp³-hybridized carbons (Fsp3) is 0.706. The predicted octanol–water partition coefficient (Wildman–Crippen LogP) is 4.13. The monoisotopic (exact) mass is 308 g/mol. The Morgan fingerprint density at radius 3 is 3.05 bits per heavy atom. The number of nitrogens with zero attached hydrogens (tertiary/aromatic N) is 1. The van der Waals surface area contributed by atoms with Crippen molar-refractivity contribution >= 4 is 11.6 Å². The van der Waals surface area contributed by atoms with Gasteiger partial charge in [-0.1, -0.05) is 18.5 Å². The maximum absolute atomic E-state index is 6.40. The molecule has 3 rings (SSSR count). The quantitative estimate of drug-likeness (QED) is 0.888. The summed E-state index contributed by atoms with van der Waals surface area (Å²) in [4.78, 5) is 4.12. The summed E-state index contributed by atoms with van der Waals surface area (Å²) in [6.07, 6.45) is 10.8. The Bertz CT molecular complexity index is 476. The summed E-state index contributed by atoms with van der Waals surface area (Å²) >= 11 is 6.40. The van der Waals surface area contributed by atoms with Crippen LogP contribution in [0.5, 0.6) is 0 Å². The predicted molar refractivity (Wildman–Crippen MR) is 85.5 cm³/mol. The largest absolute Gasteiger partial charge is 0.375 e. The van der Waals surface area contributed by atoms with Crippen LogP contribution in [-0.2, 0) is 4.74 Å². The van der Waals surface area contributed by atoms with Gasteiger partial charge in [0.2, 0.25) is 0 Å². The number of aromatic nitrogens is 1. The molecule has 2 unspecified atom stereocenters. The minimum absolute atomic E-state index is 0.175. The Morgan fingerprint density at radius 2 is 2.38 bits per heavy atom. The van der Waals surface area contributed by atoms with E-state index in [1.54, 1.807) is 6.20 Å². The molecule has 0 bridgehead atoms. The van der Waals surface area contributed by atoms with E-state index in [0.717, 1.165) is 37.4 Å². The summed E-state index contributed by atoms with van der Waals surface area (Å²) in [5, 5.41) is 4.49. The fourth-order valence-corrected chi connectivity index (χ4v) is 3.98. The molecule has 1 aliphatic heterocycles. The van der Waals surface area contributed by atoms with Crippen LogP contribution >= 0.6 is 11.6 Å². The van der Waals surface area contributed by atoms with E-state index in [1.165, 1.54) is 24.8 Å². The molecule has 1 aliphatic carbocycles. The number of hydrogen-bond acceptors (Lipinski definition) is 3. The molecule has 1 spiro atoms. The Morgan fingerprint density at radius 1 is 1.52 bits per heavy atom. The van der Waals surface area contributed by atoms with Crippen molar-refractivity contribution in [3.8, 4) is 0 Å². The first-order valence-electron chi connectivity index (χ1n) is 8.21. The van der Waals surface area contributed by atoms with Crippen molar-refractivity contribution in [1.29, 1.82) is 0 Å². The lowest BCUT2D eigenvalue weighted by Gasteiger charge is -2.49. The van der Waals surface area contributed by atoms with Gasteiger partial charge in [0.1, 0.15) is 0 Å². The lowest BCUT2D eigenvalue weighted by Crippen LogP contribution is -2.48. The summed E-state index contributed by atoms with van der Waals surface area (Å²) in [5.41, 5.74) is 1.37. The van der Waals surface area contributed by atoms with Crippen molar-refractivity contribution in [3.05, 3.63) is 29.0 Å². The van der Waals surface area contributed by atoms with Gasteiger partial charge in [0.25, 0.3) is 0 Å². The summed E-state index contributed by atoms with van der Waals surface area (Å²) in [5.74, 6) is 0.602. The van der Waals surface area contributed by atoms with E-state index in [0.29, 0.717) is 12.0 Å². The van der Waals surface area contributed by atoms with Crippen LogP contribution in [0.25, 0.3) is 0 Å². The Balaban J connectivity index is 1.80. The second kappa shape index (κ2) is 6.64. The van der Waals surface area contributed by atoms with Crippen molar-refractivity contribution in [1.82, 2.24) is 10.3 Å². The second-order valence-electron chi connectivity index (χ2n) is 6.47. The van der Waals surface area contributed by atoms with Gasteiger partial charge in [0, 0.05) is 25.0 Å². The maximum atomic E-state index is 6.40. The number of ether oxygens (including phenoxy) is 1. The molecular formula is C17H25ClN2O. The number of rotatable bonds is 5. The Kier molecular flexibility index (Phi) is 4.82. The van der Waals surface area contributed by atoms with Crippen LogP contribution in [0, 0.1) is 5.92 Å². The van der Waals surface area contributed by atoms with Crippen molar-refractivity contribution in [2.45, 2.75) is 57.1 Å². The summed E-state index contributed by atoms with van der Waals surface area (Å²) < 4.78 is 6.08. The van der Waals surface area contributed by atoms with Gasteiger partial charge < -0.3 is 10.1 Å². The number of pyridine rings is 1. The number of halogens is 1. The average molecular weight is 309 g/mol. The molecule has 0 radical (unpaired) electrons. The molecule has 0 aromatic carbocycles. The van der Waals surface area contributed by atoms with Gasteiger partial charge in [-0.25, -0.2) is 0 Å². The second-order valence-corrected chi connectivity index (χ2v) is 6.87. The highest BCUT2D eigenvalue weighted by Gasteiger charge is 2.44. The third-order valence-corrected chi connectivity index (χ3v) is 5.34. The highest BCUT2D eigenvalue weighted by Crippen LogP contribution is 2.47. The van der Waals surface area contributed by atoms with Gasteiger partial charge in [-0.05, 0) is 62.6 Å². The zero-order valence-corrected chi connectivity index (χ0v) is 13.5. The fourth-order valence-electron chi connectivity index (χ4n) is 3.74. The molecule has 4 heteroatoms. The zero-order chi connectivity index (χ0) is 14.7. The van der Waals surface area contributed by atoms with E-state index < -0.39 is 0 Å². The molecule has 1 saturated carbocycles. The summed E-state index contributed by atoms with van der Waals surface area (Å²) in [7, 11) is 0. The van der Waals surface area contributed by atoms with Crippen LogP contribution < -0.4 is 5.32 Å². The van der Waals surface area contributed by atoms with Gasteiger partial charge in [-0.2, -0.15) is 0 Å². The van der Waals surface area contributed by atoms with Crippen LogP contribution in [0.15, 0.2) is 18.5 Å². The first kappa shape index (κ1) is 15.3. The van der Waals surface area contributed by atoms with Crippen LogP contribution in [0.2, 0.25) is 5.02 Å². The minimum atomic E-state index is 0.175. The highest BCUT2D eigenvalue weighted by molar-refractivity contribution is 6.31. The van der Waals surface area contributed by atoms with Crippen LogP contribution in [-0.4, -0.2) is 23.7 Å². The van der Waals surface area contributed by atoms with Crippen LogP contribution in [0.4, 0.5) is 0 Å². The van der Waals surface area contributed by atoms with E-state index in [2.05, 4.69) is 23.3 Å². The highest BCUT2D eigenvalue weighted by atomic mass is 35.5. The zero-order valence-electron chi connectivity index (χ0n) is 12.8. The standard InChI is InChI=1S/C17H25ClN2O/c1-2-8-20-16(14-4-9-19-12-15(14)18)13-5-10-21-17(11-13)6-3-7-17/h4,9,12-13,16,20H,2-3,5-8,10-11H2,1H3. The lowest BCUT2D eigenvalue weighted by atomic mass is 9.69. The first-order chi connectivity index (χ1) is 10.2. The number of hydrogen-bond donors (Lipinski definition) is 1. The van der Waals surface area contributed by atoms with E-state index in [1.807, 2.05) is 6.20 Å². The molecule has 2 atom stereocenters. The normalized spacial score (nSPS) is 25.5. The minimum Gasteiger partial charge on any atom is -0.375 e. The number of nitrogens with one attached hydrogen (secondary N) is 1. The smallest absolute Gasteiger partial charge is 0.0686 e. The molecule has 116 valence electrons. The van der Waals surface area contributed by atoms with Crippen LogP contribution in [0.3, 0.4) is 0 Å². The molecule has 3 nitrogen and oxygen atoms in total. The lowest BCUT2D eigenvalue weighted by molar-refractivity contribution is -0.147. The summed E-state index contributed by atoms with van der Waals surface area (Å²) in [6.45, 7) is 4.11. The molecule has 1 saturated heterocycles. The maximum Gasteiger partial charge on any atom is 0.0686 e. The van der Waals surface area contributed by atoms with Gasteiger partial charge in [0.15, 0.2) is 0 Å². The topological polar surface area (TPSA) is 34.2 Å². The van der Waals surface area contributed by atoms with Crippen molar-refractivity contribution in [2.24, 2.45) is 5.92 Å². The van der Waals surface area contributed by atoms with Gasteiger partial charge in [0.05, 0.1) is 10.6 Å². The molecule has 2 fully saturated rings. The molecule has 2 heterocycles. The third-order valence-electron chi connectivity index (χ3n) is 5.02. The van der Waals surface area contributed by atoms with E-state index in [4.69, 9.17) is 16.3 Å². The van der Waals surface area contributed by atoms with Gasteiger partial charge in [-0.3, -0.25) is 4.98 Å². The van der Waals surface area contributed by atoms with E-state index in [9.17, 15) is 0 Å². The summed E-state index contributed by atoms with van der Waals surface area (Å²) in [6, 6.07) is 2.39. The van der Waals surface area contributed by atoms with Gasteiger partial charge in [-0.15, -0.1) is 0 Å². The first-order valence-corrected chi connectivity index (χ1v) is 8.59. The Hall–Kier alpha value is -0.640. The third kappa shape index (κ3) is 3.25. The van der Waals surface area contributed by atoms with Crippen molar-refractivity contribution < 1.29 is 4.74 Å². The van der Waals surface area contributed by atoms with Crippen molar-refractivity contribution in [3.63, 3.8) is 0 Å². The molecule has 1 N–H and O–H groups in total.